The fraction of sp³-hybridized carbons (Fsp3) is 0.688. The van der Waals surface area contributed by atoms with Crippen LogP contribution in [0.4, 0.5) is 0 Å². The summed E-state index contributed by atoms with van der Waals surface area (Å²) in [5, 5.41) is 13.3. The summed E-state index contributed by atoms with van der Waals surface area (Å²) in [4.78, 5) is 25.3. The van der Waals surface area contributed by atoms with Crippen LogP contribution in [0.5, 0.6) is 0 Å². The van der Waals surface area contributed by atoms with E-state index in [-0.39, 0.29) is 30.9 Å². The van der Waals surface area contributed by atoms with E-state index >= 15 is 0 Å². The normalized spacial score (nSPS) is 17.7. The molecule has 1 aromatic rings. The van der Waals surface area contributed by atoms with Gasteiger partial charge >= 0.3 is 5.97 Å². The third-order valence-electron chi connectivity index (χ3n) is 4.04. The van der Waals surface area contributed by atoms with Gasteiger partial charge < -0.3 is 14.7 Å². The highest BCUT2D eigenvalue weighted by molar-refractivity contribution is 5.93. The van der Waals surface area contributed by atoms with Gasteiger partial charge in [-0.15, -0.1) is 0 Å². The van der Waals surface area contributed by atoms with Gasteiger partial charge in [0.2, 0.25) is 0 Å². The first-order valence-corrected chi connectivity index (χ1v) is 8.05. The van der Waals surface area contributed by atoms with Gasteiger partial charge in [0.25, 0.3) is 5.91 Å². The Balaban J connectivity index is 2.15. The second-order valence-electron chi connectivity index (χ2n) is 6.26. The van der Waals surface area contributed by atoms with Crippen LogP contribution < -0.4 is 0 Å². The molecule has 0 radical (unpaired) electrons. The van der Waals surface area contributed by atoms with E-state index in [1.807, 2.05) is 13.8 Å². The highest BCUT2D eigenvalue weighted by Crippen LogP contribution is 2.18. The van der Waals surface area contributed by atoms with Crippen LogP contribution in [0, 0.1) is 0 Å². The van der Waals surface area contributed by atoms with Gasteiger partial charge in [-0.05, 0) is 24.8 Å². The molecule has 0 spiro atoms. The number of carboxylic acids is 1. The van der Waals surface area contributed by atoms with Gasteiger partial charge in [0.15, 0.2) is 0 Å². The Kier molecular flexibility index (Phi) is 5.76. The van der Waals surface area contributed by atoms with Crippen LogP contribution in [0.25, 0.3) is 0 Å². The van der Waals surface area contributed by atoms with Gasteiger partial charge in [-0.2, -0.15) is 5.10 Å². The maximum Gasteiger partial charge on any atom is 0.305 e. The summed E-state index contributed by atoms with van der Waals surface area (Å²) in [7, 11) is 1.74. The lowest BCUT2D eigenvalue weighted by Crippen LogP contribution is -2.39. The van der Waals surface area contributed by atoms with Crippen LogP contribution in [0.15, 0.2) is 6.07 Å². The maximum atomic E-state index is 12.8. The molecule has 23 heavy (non-hydrogen) atoms. The Morgan fingerprint density at radius 2 is 2.26 bits per heavy atom. The minimum atomic E-state index is -0.914. The van der Waals surface area contributed by atoms with E-state index in [9.17, 15) is 9.59 Å². The Labute approximate surface area is 136 Å². The first-order chi connectivity index (χ1) is 10.9. The molecule has 0 aromatic carbocycles. The predicted octanol–water partition coefficient (Wildman–Crippen LogP) is 1.64. The first-order valence-electron chi connectivity index (χ1n) is 8.05. The highest BCUT2D eigenvalue weighted by atomic mass is 16.5. The fourth-order valence-electron chi connectivity index (χ4n) is 2.67. The van der Waals surface area contributed by atoms with Crippen molar-refractivity contribution in [2.24, 2.45) is 7.05 Å². The van der Waals surface area contributed by atoms with Crippen molar-refractivity contribution in [1.82, 2.24) is 14.7 Å². The molecule has 0 unspecified atom stereocenters. The zero-order chi connectivity index (χ0) is 17.0. The summed E-state index contributed by atoms with van der Waals surface area (Å²) < 4.78 is 7.16. The first kappa shape index (κ1) is 17.5. The molecule has 2 rings (SSSR count). The monoisotopic (exact) mass is 323 g/mol. The third kappa shape index (κ3) is 4.54. The van der Waals surface area contributed by atoms with Crippen molar-refractivity contribution in [3.05, 3.63) is 17.5 Å². The summed E-state index contributed by atoms with van der Waals surface area (Å²) >= 11 is 0. The van der Waals surface area contributed by atoms with Crippen LogP contribution in [-0.4, -0.2) is 57.5 Å². The molecule has 7 heteroatoms. The van der Waals surface area contributed by atoms with Gasteiger partial charge in [0, 0.05) is 26.7 Å². The molecule has 1 aromatic heterocycles. The number of aliphatic carboxylic acids is 1. The minimum absolute atomic E-state index is 0.00876. The molecular weight excluding hydrogens is 298 g/mol. The number of carbonyl (C=O) groups excluding carboxylic acids is 1. The van der Waals surface area contributed by atoms with Crippen LogP contribution in [-0.2, 0) is 16.6 Å². The Morgan fingerprint density at radius 1 is 1.52 bits per heavy atom. The Morgan fingerprint density at radius 3 is 2.78 bits per heavy atom. The van der Waals surface area contributed by atoms with Gasteiger partial charge in [-0.3, -0.25) is 14.3 Å². The summed E-state index contributed by atoms with van der Waals surface area (Å²) in [5.74, 6) is -0.875. The Hall–Kier alpha value is -1.89. The average molecular weight is 323 g/mol. The molecule has 0 saturated carbocycles. The molecule has 128 valence electrons. The summed E-state index contributed by atoms with van der Waals surface area (Å²) in [5.41, 5.74) is 1.34. The zero-order valence-corrected chi connectivity index (χ0v) is 14.0. The number of nitrogens with zero attached hydrogens (tertiary/aromatic N) is 3. The number of carbonyl (C=O) groups is 2. The van der Waals surface area contributed by atoms with E-state index in [1.54, 1.807) is 22.7 Å². The quantitative estimate of drug-likeness (QED) is 0.824. The highest BCUT2D eigenvalue weighted by Gasteiger charge is 2.26. The molecule has 1 amide bonds. The fourth-order valence-corrected chi connectivity index (χ4v) is 2.67. The molecule has 1 fully saturated rings. The molecule has 0 aliphatic carbocycles. The van der Waals surface area contributed by atoms with Crippen LogP contribution in [0.1, 0.15) is 55.2 Å². The van der Waals surface area contributed by atoms with Crippen LogP contribution >= 0.6 is 0 Å². The van der Waals surface area contributed by atoms with E-state index in [1.165, 1.54) is 0 Å². The third-order valence-corrected chi connectivity index (χ3v) is 4.04. The average Bonchev–Trinajstić information content (AvgIpc) is 3.11. The lowest BCUT2D eigenvalue weighted by atomic mass is 10.1. The molecule has 1 aliphatic heterocycles. The van der Waals surface area contributed by atoms with Gasteiger partial charge in [0.05, 0.1) is 18.2 Å². The maximum absolute atomic E-state index is 12.8. The number of aromatic nitrogens is 2. The summed E-state index contributed by atoms with van der Waals surface area (Å²) in [6, 6.07) is 1.79. The van der Waals surface area contributed by atoms with Crippen molar-refractivity contribution < 1.29 is 19.4 Å². The largest absolute Gasteiger partial charge is 0.481 e. The molecule has 2 heterocycles. The van der Waals surface area contributed by atoms with E-state index in [0.717, 1.165) is 18.5 Å². The summed E-state index contributed by atoms with van der Waals surface area (Å²) in [6.45, 7) is 5.34. The number of rotatable bonds is 7. The number of carboxylic acid groups (broad SMARTS) is 1. The van der Waals surface area contributed by atoms with Gasteiger partial charge in [-0.25, -0.2) is 0 Å². The molecule has 0 bridgehead atoms. The number of hydrogen-bond donors (Lipinski definition) is 1. The van der Waals surface area contributed by atoms with Crippen molar-refractivity contribution in [3.63, 3.8) is 0 Å². The minimum Gasteiger partial charge on any atom is -0.481 e. The number of ether oxygens (including phenoxy) is 1. The van der Waals surface area contributed by atoms with E-state index in [0.29, 0.717) is 18.8 Å². The smallest absolute Gasteiger partial charge is 0.305 e. The Bertz CT molecular complexity index is 562. The summed E-state index contributed by atoms with van der Waals surface area (Å²) in [6.07, 6.45) is 1.80. The topological polar surface area (TPSA) is 84.7 Å². The van der Waals surface area contributed by atoms with Gasteiger partial charge in [-0.1, -0.05) is 13.8 Å². The van der Waals surface area contributed by atoms with E-state index < -0.39 is 5.97 Å². The molecule has 1 atom stereocenters. The van der Waals surface area contributed by atoms with Crippen molar-refractivity contribution in [2.75, 3.05) is 19.7 Å². The van der Waals surface area contributed by atoms with Crippen molar-refractivity contribution in [3.8, 4) is 0 Å². The van der Waals surface area contributed by atoms with Crippen LogP contribution in [0.2, 0.25) is 0 Å². The van der Waals surface area contributed by atoms with Gasteiger partial charge in [0.1, 0.15) is 5.69 Å². The second kappa shape index (κ2) is 7.59. The molecule has 1 saturated heterocycles. The standard InChI is InChI=1S/C16H25N3O4/c1-11(2)13-9-14(18(3)17-13)16(22)19(7-6-15(20)21)10-12-5-4-8-23-12/h9,11-12H,4-8,10H2,1-3H3,(H,20,21)/t12-/m0/s1. The number of hydrogen-bond acceptors (Lipinski definition) is 4. The molecule has 7 nitrogen and oxygen atoms in total. The lowest BCUT2D eigenvalue weighted by Gasteiger charge is -2.24. The second-order valence-corrected chi connectivity index (χ2v) is 6.26. The molecular formula is C16H25N3O4. The molecule has 1 aliphatic rings. The van der Waals surface area contributed by atoms with Crippen molar-refractivity contribution in [1.29, 1.82) is 0 Å². The number of aryl methyl sites for hydroxylation is 1. The number of amides is 1. The zero-order valence-electron chi connectivity index (χ0n) is 14.0. The lowest BCUT2D eigenvalue weighted by molar-refractivity contribution is -0.137. The van der Waals surface area contributed by atoms with E-state index in [4.69, 9.17) is 9.84 Å². The van der Waals surface area contributed by atoms with Crippen LogP contribution in [0.3, 0.4) is 0 Å². The van der Waals surface area contributed by atoms with Crippen molar-refractivity contribution in [2.45, 2.75) is 45.1 Å². The van der Waals surface area contributed by atoms with Crippen molar-refractivity contribution >= 4 is 11.9 Å². The predicted molar refractivity (Wildman–Crippen MR) is 84.4 cm³/mol. The SMILES string of the molecule is CC(C)c1cc(C(=O)N(CCC(=O)O)C[C@@H]2CCCO2)n(C)n1. The van der Waals surface area contributed by atoms with E-state index in [2.05, 4.69) is 5.10 Å². The molecule has 1 N–H and O–H groups in total.